The fraction of sp³-hybridized carbons (Fsp3) is 0.238. The Labute approximate surface area is 198 Å². The monoisotopic (exact) mass is 495 g/mol. The van der Waals surface area contributed by atoms with Gasteiger partial charge in [-0.2, -0.15) is 0 Å². The number of halogens is 3. The van der Waals surface area contributed by atoms with Crippen LogP contribution in [-0.4, -0.2) is 32.7 Å². The highest BCUT2D eigenvalue weighted by atomic mass is 35.5. The van der Waals surface area contributed by atoms with Crippen molar-refractivity contribution in [2.45, 2.75) is 25.0 Å². The lowest BCUT2D eigenvalue weighted by Crippen LogP contribution is -2.32. The van der Waals surface area contributed by atoms with Gasteiger partial charge in [-0.3, -0.25) is 14.7 Å². The number of amides is 2. The molecule has 0 spiro atoms. The van der Waals surface area contributed by atoms with Gasteiger partial charge in [0.25, 0.3) is 5.91 Å². The van der Waals surface area contributed by atoms with E-state index in [1.165, 1.54) is 30.3 Å². The van der Waals surface area contributed by atoms with Crippen molar-refractivity contribution in [1.82, 2.24) is 20.5 Å². The number of nitrogens with zero attached hydrogens (tertiary/aromatic N) is 2. The standard InChI is InChI=1S/C21H20Cl2FN5O2S/c1-11(2)18(26-20(31)15-8-3-12(22)9-16(15)23)19-27-21(29-28-19)32-10-17(30)25-14-6-4-13(24)5-7-14/h3-9,11,18H,10H2,1-2H3,(H,25,30)(H,26,31)(H,27,28,29)/t18-/m1/s1. The maximum absolute atomic E-state index is 13.0. The molecule has 11 heteroatoms. The topological polar surface area (TPSA) is 99.8 Å². The first kappa shape index (κ1) is 24.0. The summed E-state index contributed by atoms with van der Waals surface area (Å²) >= 11 is 13.2. The maximum Gasteiger partial charge on any atom is 0.253 e. The van der Waals surface area contributed by atoms with Crippen LogP contribution in [0.4, 0.5) is 10.1 Å². The summed E-state index contributed by atoms with van der Waals surface area (Å²) < 4.78 is 13.0. The molecule has 0 bridgehead atoms. The molecule has 3 aromatic rings. The molecule has 0 radical (unpaired) electrons. The van der Waals surface area contributed by atoms with E-state index < -0.39 is 6.04 Å². The highest BCUT2D eigenvalue weighted by Crippen LogP contribution is 2.25. The Kier molecular flexibility index (Phi) is 8.11. The second-order valence-corrected chi connectivity index (χ2v) is 8.95. The van der Waals surface area contributed by atoms with Gasteiger partial charge in [0.2, 0.25) is 11.1 Å². The zero-order valence-electron chi connectivity index (χ0n) is 17.2. The van der Waals surface area contributed by atoms with Crippen molar-refractivity contribution in [3.63, 3.8) is 0 Å². The van der Waals surface area contributed by atoms with E-state index in [1.54, 1.807) is 12.1 Å². The van der Waals surface area contributed by atoms with Crippen molar-refractivity contribution >= 4 is 52.5 Å². The van der Waals surface area contributed by atoms with Crippen molar-refractivity contribution in [1.29, 1.82) is 0 Å². The summed E-state index contributed by atoms with van der Waals surface area (Å²) in [6.07, 6.45) is 0. The molecule has 0 saturated carbocycles. The zero-order valence-corrected chi connectivity index (χ0v) is 19.5. The van der Waals surface area contributed by atoms with E-state index in [4.69, 9.17) is 23.2 Å². The molecule has 2 amide bonds. The molecule has 1 aromatic heterocycles. The lowest BCUT2D eigenvalue weighted by atomic mass is 10.0. The lowest BCUT2D eigenvalue weighted by molar-refractivity contribution is -0.113. The molecule has 0 saturated heterocycles. The van der Waals surface area contributed by atoms with E-state index >= 15 is 0 Å². The third-order valence-corrected chi connectivity index (χ3v) is 5.76. The quantitative estimate of drug-likeness (QED) is 0.377. The predicted octanol–water partition coefficient (Wildman–Crippen LogP) is 5.11. The number of carbonyl (C=O) groups is 2. The third-order valence-electron chi connectivity index (χ3n) is 4.37. The van der Waals surface area contributed by atoms with Crippen LogP contribution in [0, 0.1) is 11.7 Å². The van der Waals surface area contributed by atoms with E-state index in [1.807, 2.05) is 13.8 Å². The number of aromatic amines is 1. The second-order valence-electron chi connectivity index (χ2n) is 7.17. The summed E-state index contributed by atoms with van der Waals surface area (Å²) in [6.45, 7) is 3.86. The fourth-order valence-corrected chi connectivity index (χ4v) is 3.87. The first-order valence-corrected chi connectivity index (χ1v) is 11.3. The zero-order chi connectivity index (χ0) is 23.3. The van der Waals surface area contributed by atoms with E-state index in [0.29, 0.717) is 27.3 Å². The summed E-state index contributed by atoms with van der Waals surface area (Å²) in [7, 11) is 0. The summed E-state index contributed by atoms with van der Waals surface area (Å²) in [5.74, 6) is -0.504. The van der Waals surface area contributed by atoms with Crippen LogP contribution < -0.4 is 10.6 Å². The van der Waals surface area contributed by atoms with Crippen molar-refractivity contribution in [3.05, 3.63) is 69.7 Å². The largest absolute Gasteiger partial charge is 0.342 e. The van der Waals surface area contributed by atoms with Gasteiger partial charge in [-0.25, -0.2) is 9.37 Å². The van der Waals surface area contributed by atoms with Gasteiger partial charge in [0, 0.05) is 10.7 Å². The van der Waals surface area contributed by atoms with Crippen LogP contribution in [-0.2, 0) is 4.79 Å². The number of rotatable bonds is 8. The first-order chi connectivity index (χ1) is 15.2. The molecule has 7 nitrogen and oxygen atoms in total. The van der Waals surface area contributed by atoms with Crippen LogP contribution >= 0.6 is 35.0 Å². The molecular weight excluding hydrogens is 476 g/mol. The number of nitrogens with one attached hydrogen (secondary N) is 3. The van der Waals surface area contributed by atoms with E-state index in [0.717, 1.165) is 11.8 Å². The molecular formula is C21H20Cl2FN5O2S. The fourth-order valence-electron chi connectivity index (χ4n) is 2.77. The van der Waals surface area contributed by atoms with Gasteiger partial charge < -0.3 is 10.6 Å². The summed E-state index contributed by atoms with van der Waals surface area (Å²) in [5, 5.41) is 13.6. The van der Waals surface area contributed by atoms with Crippen LogP contribution in [0.5, 0.6) is 0 Å². The van der Waals surface area contributed by atoms with Crippen LogP contribution in [0.25, 0.3) is 0 Å². The van der Waals surface area contributed by atoms with Crippen LogP contribution in [0.1, 0.15) is 36.1 Å². The molecule has 1 heterocycles. The second kappa shape index (κ2) is 10.8. The number of anilines is 1. The Balaban J connectivity index is 1.61. The van der Waals surface area contributed by atoms with Gasteiger partial charge in [0.05, 0.1) is 22.4 Å². The number of benzene rings is 2. The summed E-state index contributed by atoms with van der Waals surface area (Å²) in [5.41, 5.74) is 0.796. The van der Waals surface area contributed by atoms with E-state index in [2.05, 4.69) is 25.8 Å². The minimum absolute atomic E-state index is 0.00222. The Bertz CT molecular complexity index is 1110. The molecule has 168 valence electrons. The SMILES string of the molecule is CC(C)[C@@H](NC(=O)c1ccc(Cl)cc1Cl)c1nc(SCC(=O)Nc2ccc(F)cc2)n[nH]1. The number of aromatic nitrogens is 3. The molecule has 0 aliphatic heterocycles. The van der Waals surface area contributed by atoms with Gasteiger partial charge in [-0.15, -0.1) is 5.10 Å². The lowest BCUT2D eigenvalue weighted by Gasteiger charge is -2.20. The average molecular weight is 496 g/mol. The van der Waals surface area contributed by atoms with Crippen LogP contribution in [0.15, 0.2) is 47.6 Å². The van der Waals surface area contributed by atoms with Gasteiger partial charge in [0.15, 0.2) is 0 Å². The van der Waals surface area contributed by atoms with E-state index in [-0.39, 0.29) is 34.3 Å². The highest BCUT2D eigenvalue weighted by Gasteiger charge is 2.24. The molecule has 0 unspecified atom stereocenters. The Morgan fingerprint density at radius 1 is 1.16 bits per heavy atom. The maximum atomic E-state index is 13.0. The van der Waals surface area contributed by atoms with Crippen molar-refractivity contribution in [2.75, 3.05) is 11.1 Å². The molecule has 0 aliphatic carbocycles. The Morgan fingerprint density at radius 3 is 2.53 bits per heavy atom. The number of thioether (sulfide) groups is 1. The number of hydrogen-bond acceptors (Lipinski definition) is 5. The van der Waals surface area contributed by atoms with Crippen LogP contribution in [0.2, 0.25) is 10.0 Å². The predicted molar refractivity (Wildman–Crippen MR) is 124 cm³/mol. The van der Waals surface area contributed by atoms with E-state index in [9.17, 15) is 14.0 Å². The Hall–Kier alpha value is -2.62. The minimum atomic E-state index is -0.455. The highest BCUT2D eigenvalue weighted by molar-refractivity contribution is 7.99. The molecule has 0 fully saturated rings. The summed E-state index contributed by atoms with van der Waals surface area (Å²) in [4.78, 5) is 29.2. The molecule has 3 rings (SSSR count). The van der Waals surface area contributed by atoms with Crippen molar-refractivity contribution in [3.8, 4) is 0 Å². The normalized spacial score (nSPS) is 11.9. The van der Waals surface area contributed by atoms with Gasteiger partial charge in [-0.05, 0) is 48.4 Å². The molecule has 32 heavy (non-hydrogen) atoms. The molecule has 3 N–H and O–H groups in total. The minimum Gasteiger partial charge on any atom is -0.342 e. The van der Waals surface area contributed by atoms with Gasteiger partial charge in [-0.1, -0.05) is 48.8 Å². The van der Waals surface area contributed by atoms with Crippen molar-refractivity contribution in [2.24, 2.45) is 5.92 Å². The van der Waals surface area contributed by atoms with Crippen LogP contribution in [0.3, 0.4) is 0 Å². The number of H-pyrrole nitrogens is 1. The van der Waals surface area contributed by atoms with Gasteiger partial charge in [0.1, 0.15) is 11.6 Å². The molecule has 1 atom stereocenters. The number of hydrogen-bond donors (Lipinski definition) is 3. The number of carbonyl (C=O) groups excluding carboxylic acids is 2. The smallest absolute Gasteiger partial charge is 0.253 e. The third kappa shape index (κ3) is 6.44. The molecule has 2 aromatic carbocycles. The van der Waals surface area contributed by atoms with Crippen molar-refractivity contribution < 1.29 is 14.0 Å². The van der Waals surface area contributed by atoms with Gasteiger partial charge >= 0.3 is 0 Å². The summed E-state index contributed by atoms with van der Waals surface area (Å²) in [6, 6.07) is 9.68. The molecule has 0 aliphatic rings. The average Bonchev–Trinajstić information content (AvgIpc) is 3.20. The Morgan fingerprint density at radius 2 is 1.88 bits per heavy atom. The first-order valence-electron chi connectivity index (χ1n) is 9.59.